The Bertz CT molecular complexity index is 1480. The van der Waals surface area contributed by atoms with Gasteiger partial charge in [0.25, 0.3) is 11.8 Å². The Morgan fingerprint density at radius 3 is 2.63 bits per heavy atom. The van der Waals surface area contributed by atoms with Crippen LogP contribution in [-0.4, -0.2) is 96.0 Å². The fourth-order valence-electron chi connectivity index (χ4n) is 3.75. The SMILES string of the molecule is NCCCC(=O)NCc1cnn(C[C@H]2C(NC(=O)/C(=N\OC3(C(=O)O)CC3)c3csc(N)n3)C(=O)N2S(=O)(=O)O)n1. The predicted octanol–water partition coefficient (Wildman–Crippen LogP) is -2.79. The van der Waals surface area contributed by atoms with E-state index in [9.17, 15) is 37.3 Å². The van der Waals surface area contributed by atoms with Crippen molar-refractivity contribution >= 4 is 56.2 Å². The topological polar surface area (TPSA) is 287 Å². The van der Waals surface area contributed by atoms with Gasteiger partial charge in [-0.1, -0.05) is 5.16 Å². The molecular weight excluding hydrogens is 588 g/mol. The van der Waals surface area contributed by atoms with Crippen LogP contribution >= 0.6 is 11.3 Å². The Hall–Kier alpha value is -4.21. The second kappa shape index (κ2) is 11.7. The van der Waals surface area contributed by atoms with Gasteiger partial charge in [-0.2, -0.15) is 23.4 Å². The van der Waals surface area contributed by atoms with E-state index in [0.29, 0.717) is 18.7 Å². The van der Waals surface area contributed by atoms with Crippen molar-refractivity contribution in [2.45, 2.75) is 56.5 Å². The van der Waals surface area contributed by atoms with Crippen molar-refractivity contribution in [1.29, 1.82) is 0 Å². The molecular formula is C20H26N10O9S2. The summed E-state index contributed by atoms with van der Waals surface area (Å²) in [7, 11) is -5.03. The van der Waals surface area contributed by atoms with Crippen LogP contribution < -0.4 is 22.1 Å². The quantitative estimate of drug-likeness (QED) is 0.0543. The number of anilines is 1. The zero-order valence-electron chi connectivity index (χ0n) is 21.2. The molecule has 2 fully saturated rings. The average Bonchev–Trinajstić information content (AvgIpc) is 3.37. The Morgan fingerprint density at radius 2 is 2.05 bits per heavy atom. The van der Waals surface area contributed by atoms with E-state index in [0.717, 1.165) is 16.1 Å². The van der Waals surface area contributed by atoms with Gasteiger partial charge >= 0.3 is 16.3 Å². The van der Waals surface area contributed by atoms with Crippen LogP contribution in [0.4, 0.5) is 5.13 Å². The third-order valence-electron chi connectivity index (χ3n) is 6.10. The largest absolute Gasteiger partial charge is 0.478 e. The van der Waals surface area contributed by atoms with E-state index in [1.807, 2.05) is 0 Å². The standard InChI is InChI=1S/C20H26N10O9S2/c21-5-1-2-13(31)23-6-10-7-24-29(27-10)8-12-15(17(33)30(12)41(36,37)38)26-16(32)14(11-9-40-19(22)25-11)28-39-20(3-4-20)18(34)35/h7,9,12,15H,1-6,8,21H2,(H2,22,25)(H,23,31)(H,26,32)(H,34,35)(H,36,37,38)/b28-14-/t12-,15?/m0/s1. The van der Waals surface area contributed by atoms with Gasteiger partial charge in [-0.3, -0.25) is 18.9 Å². The summed E-state index contributed by atoms with van der Waals surface area (Å²) in [6.07, 6.45) is 2.34. The van der Waals surface area contributed by atoms with Crippen molar-refractivity contribution in [3.63, 3.8) is 0 Å². The lowest BCUT2D eigenvalue weighted by atomic mass is 9.98. The summed E-state index contributed by atoms with van der Waals surface area (Å²) < 4.78 is 33.5. The van der Waals surface area contributed by atoms with Crippen molar-refractivity contribution in [2.75, 3.05) is 12.3 Å². The summed E-state index contributed by atoms with van der Waals surface area (Å²) in [5.41, 5.74) is 9.15. The lowest BCUT2D eigenvalue weighted by Gasteiger charge is -2.43. The highest BCUT2D eigenvalue weighted by atomic mass is 32.2. The lowest BCUT2D eigenvalue weighted by Crippen LogP contribution is -2.73. The van der Waals surface area contributed by atoms with Crippen molar-refractivity contribution in [3.05, 3.63) is 23.0 Å². The first kappa shape index (κ1) is 29.8. The molecule has 3 amide bonds. The molecule has 222 valence electrons. The number of thiazole rings is 1. The monoisotopic (exact) mass is 614 g/mol. The number of hydrogen-bond acceptors (Lipinski definition) is 14. The number of aromatic nitrogens is 4. The normalized spacial score (nSPS) is 19.8. The maximum Gasteiger partial charge on any atom is 0.362 e. The maximum absolute atomic E-state index is 13.2. The van der Waals surface area contributed by atoms with Crippen LogP contribution in [-0.2, 0) is 47.4 Å². The minimum atomic E-state index is -5.03. The van der Waals surface area contributed by atoms with Crippen molar-refractivity contribution in [3.8, 4) is 0 Å². The number of rotatable bonds is 14. The van der Waals surface area contributed by atoms with Crippen molar-refractivity contribution in [1.82, 2.24) is 34.9 Å². The molecule has 4 rings (SSSR count). The van der Waals surface area contributed by atoms with Crippen LogP contribution in [0.3, 0.4) is 0 Å². The second-order valence-electron chi connectivity index (χ2n) is 9.09. The molecule has 1 aliphatic carbocycles. The van der Waals surface area contributed by atoms with Gasteiger partial charge in [0.15, 0.2) is 10.8 Å². The van der Waals surface area contributed by atoms with E-state index < -0.39 is 51.5 Å². The number of nitrogens with zero attached hydrogens (tertiary/aromatic N) is 6. The van der Waals surface area contributed by atoms with Gasteiger partial charge in [0, 0.05) is 24.6 Å². The molecule has 19 nitrogen and oxygen atoms in total. The second-order valence-corrected chi connectivity index (χ2v) is 11.3. The van der Waals surface area contributed by atoms with Crippen LogP contribution in [0.1, 0.15) is 37.1 Å². The summed E-state index contributed by atoms with van der Waals surface area (Å²) in [6.45, 7) is -0.0110. The molecule has 41 heavy (non-hydrogen) atoms. The molecule has 0 spiro atoms. The van der Waals surface area contributed by atoms with Crippen LogP contribution in [0, 0.1) is 0 Å². The van der Waals surface area contributed by atoms with Crippen molar-refractivity contribution < 1.29 is 42.1 Å². The number of nitrogen functional groups attached to an aromatic ring is 1. The number of nitrogens with two attached hydrogens (primary N) is 2. The maximum atomic E-state index is 13.2. The zero-order valence-corrected chi connectivity index (χ0v) is 22.8. The Morgan fingerprint density at radius 1 is 1.32 bits per heavy atom. The van der Waals surface area contributed by atoms with Crippen LogP contribution in [0.2, 0.25) is 0 Å². The van der Waals surface area contributed by atoms with Gasteiger partial charge in [0.2, 0.25) is 11.5 Å². The van der Waals surface area contributed by atoms with Gasteiger partial charge in [0.1, 0.15) is 23.5 Å². The minimum Gasteiger partial charge on any atom is -0.478 e. The molecule has 0 radical (unpaired) electrons. The first-order valence-electron chi connectivity index (χ1n) is 12.0. The third-order valence-corrected chi connectivity index (χ3v) is 7.72. The Kier molecular flexibility index (Phi) is 8.51. The van der Waals surface area contributed by atoms with Crippen LogP contribution in [0.5, 0.6) is 0 Å². The van der Waals surface area contributed by atoms with Gasteiger partial charge in [-0.25, -0.2) is 14.1 Å². The highest BCUT2D eigenvalue weighted by Gasteiger charge is 2.56. The number of nitrogens with one attached hydrogen (secondary N) is 2. The predicted molar refractivity (Wildman–Crippen MR) is 138 cm³/mol. The van der Waals surface area contributed by atoms with Crippen molar-refractivity contribution in [2.24, 2.45) is 10.9 Å². The number of carboxylic acid groups (broad SMARTS) is 1. The number of carboxylic acids is 1. The van der Waals surface area contributed by atoms with E-state index in [4.69, 9.17) is 16.3 Å². The Balaban J connectivity index is 1.50. The van der Waals surface area contributed by atoms with E-state index in [2.05, 4.69) is 31.0 Å². The number of oxime groups is 1. The highest BCUT2D eigenvalue weighted by Crippen LogP contribution is 2.40. The first-order valence-corrected chi connectivity index (χ1v) is 14.3. The third kappa shape index (κ3) is 6.75. The van der Waals surface area contributed by atoms with Gasteiger partial charge in [-0.05, 0) is 13.0 Å². The number of carbonyl (C=O) groups excluding carboxylic acids is 3. The molecule has 1 saturated heterocycles. The zero-order chi connectivity index (χ0) is 29.9. The molecule has 2 aromatic heterocycles. The molecule has 3 heterocycles. The smallest absolute Gasteiger partial charge is 0.362 e. The summed E-state index contributed by atoms with van der Waals surface area (Å²) in [6, 6.07) is -2.86. The molecule has 0 bridgehead atoms. The molecule has 1 aliphatic heterocycles. The summed E-state index contributed by atoms with van der Waals surface area (Å²) in [5, 5.41) is 27.5. The van der Waals surface area contributed by atoms with E-state index in [1.165, 1.54) is 11.6 Å². The number of amides is 3. The molecule has 8 N–H and O–H groups in total. The molecule has 2 aromatic rings. The molecule has 21 heteroatoms. The minimum absolute atomic E-state index is 0.0175. The summed E-state index contributed by atoms with van der Waals surface area (Å²) in [4.78, 5) is 59.2. The molecule has 1 saturated carbocycles. The fraction of sp³-hybridized carbons (Fsp3) is 0.500. The number of aliphatic carboxylic acids is 1. The first-order chi connectivity index (χ1) is 19.3. The highest BCUT2D eigenvalue weighted by molar-refractivity contribution is 7.84. The lowest BCUT2D eigenvalue weighted by molar-refractivity contribution is -0.153. The molecule has 2 atom stereocenters. The Labute approximate surface area is 235 Å². The number of carbonyl (C=O) groups is 4. The van der Waals surface area contributed by atoms with Gasteiger partial charge < -0.3 is 32.0 Å². The van der Waals surface area contributed by atoms with Crippen LogP contribution in [0.15, 0.2) is 16.7 Å². The molecule has 1 unspecified atom stereocenters. The van der Waals surface area contributed by atoms with Crippen LogP contribution in [0.25, 0.3) is 0 Å². The average molecular weight is 615 g/mol. The number of hydrogen-bond donors (Lipinski definition) is 6. The number of β-lactam (4-membered cyclic amide) rings is 1. The fourth-order valence-corrected chi connectivity index (χ4v) is 5.17. The molecule has 0 aromatic carbocycles. The van der Waals surface area contributed by atoms with E-state index in [-0.39, 0.29) is 53.4 Å². The van der Waals surface area contributed by atoms with Gasteiger partial charge in [-0.15, -0.1) is 11.3 Å². The summed E-state index contributed by atoms with van der Waals surface area (Å²) in [5.74, 6) is -3.75. The summed E-state index contributed by atoms with van der Waals surface area (Å²) >= 11 is 0.957. The van der Waals surface area contributed by atoms with E-state index in [1.54, 1.807) is 0 Å². The van der Waals surface area contributed by atoms with Gasteiger partial charge in [0.05, 0.1) is 19.3 Å². The van der Waals surface area contributed by atoms with E-state index >= 15 is 0 Å². The molecule has 2 aliphatic rings.